The average Bonchev–Trinajstić information content (AvgIpc) is 3.55. The van der Waals surface area contributed by atoms with Gasteiger partial charge < -0.3 is 19.5 Å². The van der Waals surface area contributed by atoms with Gasteiger partial charge in [-0.2, -0.15) is 0 Å². The van der Waals surface area contributed by atoms with Crippen molar-refractivity contribution in [1.82, 2.24) is 29.3 Å². The number of ether oxygens (including phenoxy) is 1. The van der Waals surface area contributed by atoms with Crippen molar-refractivity contribution in [1.29, 1.82) is 0 Å². The molecule has 0 amide bonds. The molecule has 0 aliphatic carbocycles. The Morgan fingerprint density at radius 3 is 2.66 bits per heavy atom. The molecule has 1 aliphatic rings. The largest absolute Gasteiger partial charge is 0.497 e. The molecule has 216 valence electrons. The van der Waals surface area contributed by atoms with E-state index in [4.69, 9.17) is 14.7 Å². The zero-order chi connectivity index (χ0) is 28.8. The lowest BCUT2D eigenvalue weighted by molar-refractivity contribution is 0.204. The van der Waals surface area contributed by atoms with Crippen LogP contribution in [0, 0.1) is 5.82 Å². The van der Waals surface area contributed by atoms with E-state index in [1.165, 1.54) is 17.7 Å². The lowest BCUT2D eigenvalue weighted by Crippen LogP contribution is -2.35. The van der Waals surface area contributed by atoms with E-state index in [-0.39, 0.29) is 11.9 Å². The van der Waals surface area contributed by atoms with E-state index < -0.39 is 0 Å². The Morgan fingerprint density at radius 2 is 1.90 bits per heavy atom. The summed E-state index contributed by atoms with van der Waals surface area (Å²) >= 11 is 0. The number of aryl methyl sites for hydroxylation is 1. The van der Waals surface area contributed by atoms with Crippen LogP contribution < -0.4 is 10.1 Å². The number of rotatable bonds is 13. The number of aromatic nitrogens is 4. The molecule has 4 aromatic rings. The minimum atomic E-state index is -0.262. The Morgan fingerprint density at radius 1 is 1.07 bits per heavy atom. The van der Waals surface area contributed by atoms with Crippen molar-refractivity contribution in [3.63, 3.8) is 0 Å². The van der Waals surface area contributed by atoms with Gasteiger partial charge in [0, 0.05) is 56.9 Å². The molecule has 0 radical (unpaired) electrons. The summed E-state index contributed by atoms with van der Waals surface area (Å²) in [5.41, 5.74) is 4.71. The number of fused-ring (bicyclic) bond motifs is 1. The number of halogens is 1. The summed E-state index contributed by atoms with van der Waals surface area (Å²) in [4.78, 5) is 19.2. The number of nitrogens with one attached hydrogen (secondary N) is 1. The molecule has 1 atom stereocenters. The molecular weight excluding hydrogens is 517 g/mol. The third-order valence-electron chi connectivity index (χ3n) is 7.47. The average molecular weight is 558 g/mol. The number of methoxy groups -OCH3 is 1. The number of hydrogen-bond acceptors (Lipinski definition) is 7. The SMILES string of the molecule is CCCNc1nccc(-c2c(-c3ccc(F)cc3)nc3n2[C@H](CN(CCN(C)C)Cc2cccc(OC)c2)CC3)n1. The molecule has 0 bridgehead atoms. The van der Waals surface area contributed by atoms with Crippen molar-refractivity contribution < 1.29 is 9.13 Å². The highest BCUT2D eigenvalue weighted by molar-refractivity contribution is 5.78. The Balaban J connectivity index is 1.52. The molecule has 1 aliphatic heterocycles. The molecule has 0 saturated heterocycles. The van der Waals surface area contributed by atoms with Gasteiger partial charge in [-0.3, -0.25) is 4.90 Å². The second-order valence-electron chi connectivity index (χ2n) is 10.9. The van der Waals surface area contributed by atoms with E-state index in [2.05, 4.69) is 57.8 Å². The summed E-state index contributed by atoms with van der Waals surface area (Å²) in [6.07, 6.45) is 4.66. The van der Waals surface area contributed by atoms with Gasteiger partial charge in [-0.1, -0.05) is 19.1 Å². The molecule has 2 aromatic heterocycles. The van der Waals surface area contributed by atoms with Gasteiger partial charge in [-0.25, -0.2) is 19.3 Å². The van der Waals surface area contributed by atoms with Crippen LogP contribution in [-0.4, -0.2) is 76.7 Å². The lowest BCUT2D eigenvalue weighted by atomic mass is 10.1. The third kappa shape index (κ3) is 6.92. The van der Waals surface area contributed by atoms with Crippen LogP contribution in [0.1, 0.15) is 37.2 Å². The molecule has 2 aromatic carbocycles. The third-order valence-corrected chi connectivity index (χ3v) is 7.47. The maximum atomic E-state index is 13.8. The Hall–Kier alpha value is -3.82. The van der Waals surface area contributed by atoms with E-state index >= 15 is 0 Å². The predicted molar refractivity (Wildman–Crippen MR) is 162 cm³/mol. The van der Waals surface area contributed by atoms with E-state index in [9.17, 15) is 4.39 Å². The van der Waals surface area contributed by atoms with Crippen molar-refractivity contribution in [3.05, 3.63) is 78.0 Å². The molecule has 1 N–H and O–H groups in total. The molecule has 8 nitrogen and oxygen atoms in total. The summed E-state index contributed by atoms with van der Waals surface area (Å²) in [5.74, 6) is 2.25. The topological polar surface area (TPSA) is 71.3 Å². The molecule has 0 unspecified atom stereocenters. The van der Waals surface area contributed by atoms with E-state index in [0.717, 1.165) is 86.2 Å². The minimum absolute atomic E-state index is 0.219. The lowest BCUT2D eigenvalue weighted by Gasteiger charge is -2.28. The zero-order valence-electron chi connectivity index (χ0n) is 24.5. The number of likely N-dealkylation sites (N-methyl/N-ethyl adjacent to an activating group) is 1. The Labute approximate surface area is 242 Å². The normalized spacial score (nSPS) is 14.6. The van der Waals surface area contributed by atoms with Crippen LogP contribution in [0.2, 0.25) is 0 Å². The van der Waals surface area contributed by atoms with E-state index in [1.54, 1.807) is 25.4 Å². The Kier molecular flexibility index (Phi) is 9.26. The van der Waals surface area contributed by atoms with Gasteiger partial charge in [0.1, 0.15) is 17.4 Å². The van der Waals surface area contributed by atoms with Gasteiger partial charge in [0.2, 0.25) is 5.95 Å². The fourth-order valence-corrected chi connectivity index (χ4v) is 5.42. The van der Waals surface area contributed by atoms with Crippen molar-refractivity contribution >= 4 is 5.95 Å². The molecule has 0 saturated carbocycles. The molecule has 3 heterocycles. The number of benzene rings is 2. The van der Waals surface area contributed by atoms with Crippen LogP contribution in [0.25, 0.3) is 22.6 Å². The van der Waals surface area contributed by atoms with Crippen LogP contribution >= 0.6 is 0 Å². The smallest absolute Gasteiger partial charge is 0.223 e. The number of anilines is 1. The predicted octanol–water partition coefficient (Wildman–Crippen LogP) is 5.53. The monoisotopic (exact) mass is 557 g/mol. The Bertz CT molecular complexity index is 1440. The first-order chi connectivity index (χ1) is 19.9. The maximum Gasteiger partial charge on any atom is 0.223 e. The van der Waals surface area contributed by atoms with Crippen LogP contribution in [-0.2, 0) is 13.0 Å². The van der Waals surface area contributed by atoms with Gasteiger partial charge in [-0.05, 0) is 75.0 Å². The van der Waals surface area contributed by atoms with Gasteiger partial charge in [0.15, 0.2) is 0 Å². The van der Waals surface area contributed by atoms with Crippen LogP contribution in [0.3, 0.4) is 0 Å². The first-order valence-electron chi connectivity index (χ1n) is 14.4. The fourth-order valence-electron chi connectivity index (χ4n) is 5.42. The summed E-state index contributed by atoms with van der Waals surface area (Å²) in [5, 5.41) is 3.31. The molecule has 0 fully saturated rings. The molecule has 0 spiro atoms. The molecule has 41 heavy (non-hydrogen) atoms. The van der Waals surface area contributed by atoms with Gasteiger partial charge >= 0.3 is 0 Å². The van der Waals surface area contributed by atoms with Crippen molar-refractivity contribution in [2.24, 2.45) is 0 Å². The highest BCUT2D eigenvalue weighted by atomic mass is 19.1. The summed E-state index contributed by atoms with van der Waals surface area (Å²) in [6.45, 7) is 6.50. The van der Waals surface area contributed by atoms with E-state index in [1.807, 2.05) is 18.2 Å². The number of hydrogen-bond donors (Lipinski definition) is 1. The van der Waals surface area contributed by atoms with Crippen LogP contribution in [0.15, 0.2) is 60.8 Å². The maximum absolute atomic E-state index is 13.8. The summed E-state index contributed by atoms with van der Waals surface area (Å²) in [6, 6.07) is 17.1. The van der Waals surface area contributed by atoms with Crippen molar-refractivity contribution in [2.75, 3.05) is 52.7 Å². The number of imidazole rings is 1. The summed E-state index contributed by atoms with van der Waals surface area (Å²) in [7, 11) is 5.93. The molecular formula is C32H40FN7O. The van der Waals surface area contributed by atoms with Crippen LogP contribution in [0.4, 0.5) is 10.3 Å². The van der Waals surface area contributed by atoms with Gasteiger partial charge in [0.05, 0.1) is 24.2 Å². The number of nitrogens with zero attached hydrogens (tertiary/aromatic N) is 6. The van der Waals surface area contributed by atoms with Gasteiger partial charge in [0.25, 0.3) is 0 Å². The quantitative estimate of drug-likeness (QED) is 0.232. The molecule has 9 heteroatoms. The van der Waals surface area contributed by atoms with E-state index in [0.29, 0.717) is 5.95 Å². The highest BCUT2D eigenvalue weighted by Gasteiger charge is 2.32. The minimum Gasteiger partial charge on any atom is -0.497 e. The van der Waals surface area contributed by atoms with Crippen molar-refractivity contribution in [3.8, 4) is 28.4 Å². The fraction of sp³-hybridized carbons (Fsp3) is 0.406. The first kappa shape index (κ1) is 28.7. The second kappa shape index (κ2) is 13.2. The standard InChI is InChI=1S/C32H40FN7O/c1-5-16-34-32-35-17-15-28(36-32)31-30(24-9-11-25(33)12-10-24)37-29-14-13-26(40(29)31)22-39(19-18-38(2)3)21-23-7-6-8-27(20-23)41-4/h6-12,15,17,20,26H,5,13-14,16,18-19,21-22H2,1-4H3,(H,34,35,36)/t26-/m0/s1. The van der Waals surface area contributed by atoms with Gasteiger partial charge in [-0.15, -0.1) is 0 Å². The second-order valence-corrected chi connectivity index (χ2v) is 10.9. The first-order valence-corrected chi connectivity index (χ1v) is 14.4. The zero-order valence-corrected chi connectivity index (χ0v) is 24.5. The summed E-state index contributed by atoms with van der Waals surface area (Å²) < 4.78 is 21.7. The molecule has 5 rings (SSSR count). The van der Waals surface area contributed by atoms with Crippen molar-refractivity contribution in [2.45, 2.75) is 38.8 Å². The van der Waals surface area contributed by atoms with Crippen LogP contribution in [0.5, 0.6) is 5.75 Å². The highest BCUT2D eigenvalue weighted by Crippen LogP contribution is 2.39.